The van der Waals surface area contributed by atoms with Gasteiger partial charge < -0.3 is 14.8 Å². The zero-order valence-corrected chi connectivity index (χ0v) is 17.4. The highest BCUT2D eigenvalue weighted by Crippen LogP contribution is 2.34. The van der Waals surface area contributed by atoms with Gasteiger partial charge >= 0.3 is 0 Å². The van der Waals surface area contributed by atoms with Crippen molar-refractivity contribution in [2.75, 3.05) is 38.2 Å². The number of nitrogens with zero attached hydrogens (tertiary/aromatic N) is 3. The van der Waals surface area contributed by atoms with Crippen LogP contribution in [0.3, 0.4) is 0 Å². The first kappa shape index (κ1) is 19.1. The summed E-state index contributed by atoms with van der Waals surface area (Å²) in [5.41, 5.74) is 1.28. The van der Waals surface area contributed by atoms with Crippen LogP contribution >= 0.6 is 11.3 Å². The van der Waals surface area contributed by atoms with Crippen molar-refractivity contribution < 1.29 is 9.47 Å². The molecule has 0 spiro atoms. The Morgan fingerprint density at radius 1 is 1.30 bits per heavy atom. The highest BCUT2D eigenvalue weighted by Gasteiger charge is 2.20. The van der Waals surface area contributed by atoms with Crippen LogP contribution in [0.2, 0.25) is 0 Å². The van der Waals surface area contributed by atoms with E-state index in [2.05, 4.69) is 31.0 Å². The van der Waals surface area contributed by atoms with Gasteiger partial charge in [0.2, 0.25) is 0 Å². The van der Waals surface area contributed by atoms with E-state index in [1.807, 2.05) is 0 Å². The first-order chi connectivity index (χ1) is 13.1. The molecule has 27 heavy (non-hydrogen) atoms. The Morgan fingerprint density at radius 3 is 2.85 bits per heavy atom. The molecule has 2 aromatic heterocycles. The van der Waals surface area contributed by atoms with E-state index in [0.29, 0.717) is 13.2 Å². The second kappa shape index (κ2) is 8.39. The van der Waals surface area contributed by atoms with Gasteiger partial charge in [-0.2, -0.15) is 0 Å². The van der Waals surface area contributed by atoms with Crippen LogP contribution in [-0.2, 0) is 16.0 Å². The zero-order valence-electron chi connectivity index (χ0n) is 16.6. The minimum Gasteiger partial charge on any atom is -0.379 e. The summed E-state index contributed by atoms with van der Waals surface area (Å²) in [7, 11) is 0. The number of likely N-dealkylation sites (tertiary alicyclic amines) is 1. The molecular weight excluding hydrogens is 360 g/mol. The van der Waals surface area contributed by atoms with E-state index in [1.165, 1.54) is 28.7 Å². The van der Waals surface area contributed by atoms with Crippen LogP contribution in [0.15, 0.2) is 0 Å². The molecule has 0 amide bonds. The molecule has 2 aromatic rings. The highest BCUT2D eigenvalue weighted by atomic mass is 32.1. The van der Waals surface area contributed by atoms with Crippen LogP contribution in [0.5, 0.6) is 0 Å². The fraction of sp³-hybridized carbons (Fsp3) is 0.700. The third kappa shape index (κ3) is 4.42. The lowest BCUT2D eigenvalue weighted by Gasteiger charge is -2.19. The zero-order chi connectivity index (χ0) is 18.8. The molecule has 2 unspecified atom stereocenters. The Kier molecular flexibility index (Phi) is 5.92. The molecule has 4 rings (SSSR count). The quantitative estimate of drug-likeness (QED) is 0.781. The van der Waals surface area contributed by atoms with E-state index in [9.17, 15) is 0 Å². The molecule has 0 radical (unpaired) electrons. The summed E-state index contributed by atoms with van der Waals surface area (Å²) in [5, 5.41) is 4.77. The van der Waals surface area contributed by atoms with Crippen molar-refractivity contribution in [3.63, 3.8) is 0 Å². The van der Waals surface area contributed by atoms with Gasteiger partial charge in [0, 0.05) is 17.5 Å². The van der Waals surface area contributed by atoms with E-state index in [-0.39, 0.29) is 12.1 Å². The third-order valence-corrected chi connectivity index (χ3v) is 6.59. The summed E-state index contributed by atoms with van der Waals surface area (Å²) < 4.78 is 11.4. The second-order valence-corrected chi connectivity index (χ2v) is 9.00. The molecule has 7 heteroatoms. The van der Waals surface area contributed by atoms with E-state index in [0.717, 1.165) is 49.1 Å². The number of ether oxygens (including phenoxy) is 2. The average Bonchev–Trinajstić information content (AvgIpc) is 3.37. The standard InChI is InChI=1S/C20H30N4O2S/c1-13(11-26-16-6-9-25-12-16)21-19-18-14(2)15(3)27-20(18)23-17(22-19)10-24-7-4-5-8-24/h13,16H,4-12H2,1-3H3,(H,21,22,23). The molecule has 148 valence electrons. The number of rotatable bonds is 7. The van der Waals surface area contributed by atoms with Gasteiger partial charge in [-0.05, 0) is 58.7 Å². The molecule has 0 aromatic carbocycles. The minimum absolute atomic E-state index is 0.183. The van der Waals surface area contributed by atoms with Crippen molar-refractivity contribution in [3.8, 4) is 0 Å². The maximum atomic E-state index is 5.99. The summed E-state index contributed by atoms with van der Waals surface area (Å²) in [6, 6.07) is 0.183. The van der Waals surface area contributed by atoms with Crippen LogP contribution in [0.4, 0.5) is 5.82 Å². The van der Waals surface area contributed by atoms with Crippen molar-refractivity contribution in [1.82, 2.24) is 14.9 Å². The number of aromatic nitrogens is 2. The molecule has 4 heterocycles. The molecular formula is C20H30N4O2S. The molecule has 0 saturated carbocycles. The average molecular weight is 391 g/mol. The first-order valence-corrected chi connectivity index (χ1v) is 10.9. The van der Waals surface area contributed by atoms with Gasteiger partial charge in [0.1, 0.15) is 16.5 Å². The number of nitrogens with one attached hydrogen (secondary N) is 1. The Bertz CT molecular complexity index is 782. The van der Waals surface area contributed by atoms with Gasteiger partial charge in [-0.15, -0.1) is 11.3 Å². The maximum absolute atomic E-state index is 5.99. The summed E-state index contributed by atoms with van der Waals surface area (Å²) in [6.07, 6.45) is 3.79. The van der Waals surface area contributed by atoms with Crippen molar-refractivity contribution in [3.05, 3.63) is 16.3 Å². The van der Waals surface area contributed by atoms with Crippen molar-refractivity contribution >= 4 is 27.4 Å². The molecule has 1 N–H and O–H groups in total. The van der Waals surface area contributed by atoms with Gasteiger partial charge in [-0.1, -0.05) is 0 Å². The molecule has 0 aliphatic carbocycles. The van der Waals surface area contributed by atoms with Crippen molar-refractivity contribution in [2.45, 2.75) is 58.7 Å². The van der Waals surface area contributed by atoms with E-state index in [1.54, 1.807) is 11.3 Å². The minimum atomic E-state index is 0.183. The lowest BCUT2D eigenvalue weighted by atomic mass is 10.2. The largest absolute Gasteiger partial charge is 0.379 e. The van der Waals surface area contributed by atoms with Gasteiger partial charge in [0.25, 0.3) is 0 Å². The summed E-state index contributed by atoms with van der Waals surface area (Å²) >= 11 is 1.77. The van der Waals surface area contributed by atoms with Crippen molar-refractivity contribution in [2.24, 2.45) is 0 Å². The number of aryl methyl sites for hydroxylation is 2. The van der Waals surface area contributed by atoms with Gasteiger partial charge in [-0.3, -0.25) is 4.90 Å². The lowest BCUT2D eigenvalue weighted by Crippen LogP contribution is -2.27. The fourth-order valence-corrected chi connectivity index (χ4v) is 4.86. The van der Waals surface area contributed by atoms with Crippen LogP contribution in [0.25, 0.3) is 10.2 Å². The topological polar surface area (TPSA) is 59.5 Å². The smallest absolute Gasteiger partial charge is 0.146 e. The third-order valence-electron chi connectivity index (χ3n) is 5.49. The monoisotopic (exact) mass is 390 g/mol. The summed E-state index contributed by atoms with van der Waals surface area (Å²) in [4.78, 5) is 14.6. The van der Waals surface area contributed by atoms with E-state index >= 15 is 0 Å². The predicted molar refractivity (Wildman–Crippen MR) is 110 cm³/mol. The molecule has 0 bridgehead atoms. The molecule has 2 atom stereocenters. The Balaban J connectivity index is 1.52. The molecule has 2 aliphatic rings. The van der Waals surface area contributed by atoms with Crippen LogP contribution in [0.1, 0.15) is 42.5 Å². The number of hydrogen-bond donors (Lipinski definition) is 1. The molecule has 6 nitrogen and oxygen atoms in total. The van der Waals surface area contributed by atoms with Gasteiger partial charge in [-0.25, -0.2) is 9.97 Å². The van der Waals surface area contributed by atoms with Gasteiger partial charge in [0.15, 0.2) is 0 Å². The maximum Gasteiger partial charge on any atom is 0.146 e. The second-order valence-electron chi connectivity index (χ2n) is 7.80. The SMILES string of the molecule is Cc1sc2nc(CN3CCCC3)nc(NC(C)COC3CCOC3)c2c1C. The number of anilines is 1. The van der Waals surface area contributed by atoms with Crippen LogP contribution in [0, 0.1) is 13.8 Å². The highest BCUT2D eigenvalue weighted by molar-refractivity contribution is 7.18. The number of hydrogen-bond acceptors (Lipinski definition) is 7. The normalized spacial score (nSPS) is 22.0. The summed E-state index contributed by atoms with van der Waals surface area (Å²) in [6.45, 7) is 11.8. The van der Waals surface area contributed by atoms with Crippen molar-refractivity contribution in [1.29, 1.82) is 0 Å². The van der Waals surface area contributed by atoms with Gasteiger partial charge in [0.05, 0.1) is 31.2 Å². The summed E-state index contributed by atoms with van der Waals surface area (Å²) in [5.74, 6) is 1.88. The first-order valence-electron chi connectivity index (χ1n) is 10.0. The number of thiophene rings is 1. The Labute approximate surface area is 165 Å². The lowest BCUT2D eigenvalue weighted by molar-refractivity contribution is 0.0395. The molecule has 2 aliphatic heterocycles. The molecule has 2 saturated heterocycles. The van der Waals surface area contributed by atoms with E-state index in [4.69, 9.17) is 19.4 Å². The number of fused-ring (bicyclic) bond motifs is 1. The van der Waals surface area contributed by atoms with Crippen LogP contribution < -0.4 is 5.32 Å². The predicted octanol–water partition coefficient (Wildman–Crippen LogP) is 3.51. The Morgan fingerprint density at radius 2 is 2.11 bits per heavy atom. The van der Waals surface area contributed by atoms with Crippen LogP contribution in [-0.4, -0.2) is 59.9 Å². The van der Waals surface area contributed by atoms with E-state index < -0.39 is 0 Å². The Hall–Kier alpha value is -1.28. The fourth-order valence-electron chi connectivity index (χ4n) is 3.81. The molecule has 2 fully saturated rings.